The highest BCUT2D eigenvalue weighted by molar-refractivity contribution is 6.45. The number of carbonyl (C=O) groups excluding carboxylic acids is 2. The highest BCUT2D eigenvalue weighted by atomic mass is 19.1. The first-order valence-corrected chi connectivity index (χ1v) is 9.79. The second-order valence-electron chi connectivity index (χ2n) is 7.51. The van der Waals surface area contributed by atoms with Crippen molar-refractivity contribution in [2.75, 3.05) is 25.1 Å². The van der Waals surface area contributed by atoms with Gasteiger partial charge in [0.2, 0.25) is 0 Å². The largest absolute Gasteiger partial charge is 0.496 e. The predicted molar refractivity (Wildman–Crippen MR) is 109 cm³/mol. The number of ether oxygens (including phenoxy) is 1. The Labute approximate surface area is 169 Å². The number of hydrogen-bond acceptors (Lipinski definition) is 4. The summed E-state index contributed by atoms with van der Waals surface area (Å²) in [6.45, 7) is 3.49. The van der Waals surface area contributed by atoms with Crippen molar-refractivity contribution in [3.63, 3.8) is 0 Å². The lowest BCUT2D eigenvalue weighted by atomic mass is 9.97. The van der Waals surface area contributed by atoms with E-state index in [9.17, 15) is 14.0 Å². The van der Waals surface area contributed by atoms with Crippen molar-refractivity contribution in [3.8, 4) is 5.75 Å². The van der Waals surface area contributed by atoms with Gasteiger partial charge in [-0.25, -0.2) is 9.29 Å². The fourth-order valence-corrected chi connectivity index (χ4v) is 4.15. The predicted octanol–water partition coefficient (Wildman–Crippen LogP) is 3.85. The second kappa shape index (κ2) is 7.70. The third-order valence-electron chi connectivity index (χ3n) is 5.50. The van der Waals surface area contributed by atoms with Crippen molar-refractivity contribution in [1.82, 2.24) is 4.90 Å². The zero-order chi connectivity index (χ0) is 20.5. The van der Waals surface area contributed by atoms with Gasteiger partial charge in [0.1, 0.15) is 17.3 Å². The lowest BCUT2D eigenvalue weighted by Crippen LogP contribution is -2.39. The van der Waals surface area contributed by atoms with E-state index in [-0.39, 0.29) is 11.3 Å². The van der Waals surface area contributed by atoms with Crippen molar-refractivity contribution in [2.45, 2.75) is 19.8 Å². The Kier molecular flexibility index (Phi) is 5.09. The molecule has 0 saturated carbocycles. The Morgan fingerprint density at radius 1 is 1.03 bits per heavy atom. The Balaban J connectivity index is 1.89. The van der Waals surface area contributed by atoms with E-state index >= 15 is 0 Å². The van der Waals surface area contributed by atoms with Crippen LogP contribution in [0.1, 0.15) is 25.3 Å². The third kappa shape index (κ3) is 3.28. The van der Waals surface area contributed by atoms with Gasteiger partial charge in [-0.2, -0.15) is 0 Å². The number of hydrogen-bond donors (Lipinski definition) is 0. The molecular weight excluding hydrogens is 371 g/mol. The molecule has 29 heavy (non-hydrogen) atoms. The van der Waals surface area contributed by atoms with Gasteiger partial charge in [-0.3, -0.25) is 9.59 Å². The minimum absolute atomic E-state index is 0.0324. The Morgan fingerprint density at radius 2 is 1.76 bits per heavy atom. The summed E-state index contributed by atoms with van der Waals surface area (Å²) in [4.78, 5) is 29.8. The standard InChI is InChI=1S/C23H23FN2O3/c1-15-8-7-13-25(14-15)21-20(16-9-3-6-12-19(16)29-2)22(27)26(23(21)28)18-11-5-4-10-17(18)24/h3-6,9-12,15H,7-8,13-14H2,1-2H3. The zero-order valence-electron chi connectivity index (χ0n) is 16.5. The number of rotatable bonds is 4. The molecule has 0 spiro atoms. The summed E-state index contributed by atoms with van der Waals surface area (Å²) in [5, 5.41) is 0. The zero-order valence-corrected chi connectivity index (χ0v) is 16.5. The van der Waals surface area contributed by atoms with Crippen molar-refractivity contribution < 1.29 is 18.7 Å². The summed E-state index contributed by atoms with van der Waals surface area (Å²) >= 11 is 0. The van der Waals surface area contributed by atoms with E-state index in [0.29, 0.717) is 36.0 Å². The number of nitrogens with zero attached hydrogens (tertiary/aromatic N) is 2. The summed E-state index contributed by atoms with van der Waals surface area (Å²) in [5.41, 5.74) is 1.11. The molecular formula is C23H23FN2O3. The number of anilines is 1. The SMILES string of the molecule is COc1ccccc1C1=C(N2CCCC(C)C2)C(=O)N(c2ccccc2F)C1=O. The maximum absolute atomic E-state index is 14.5. The molecule has 1 unspecified atom stereocenters. The quantitative estimate of drug-likeness (QED) is 0.739. The summed E-state index contributed by atoms with van der Waals surface area (Å²) in [5.74, 6) is -0.725. The molecule has 0 aromatic heterocycles. The van der Waals surface area contributed by atoms with Crippen molar-refractivity contribution in [1.29, 1.82) is 0 Å². The van der Waals surface area contributed by atoms with Gasteiger partial charge < -0.3 is 9.64 Å². The van der Waals surface area contributed by atoms with E-state index < -0.39 is 17.6 Å². The Morgan fingerprint density at radius 3 is 2.48 bits per heavy atom. The van der Waals surface area contributed by atoms with Gasteiger partial charge in [0.05, 0.1) is 18.4 Å². The van der Waals surface area contributed by atoms with E-state index in [1.165, 1.54) is 25.3 Å². The van der Waals surface area contributed by atoms with Crippen LogP contribution in [0.15, 0.2) is 54.2 Å². The van der Waals surface area contributed by atoms with Gasteiger partial charge in [0.25, 0.3) is 11.8 Å². The number of carbonyl (C=O) groups is 2. The van der Waals surface area contributed by atoms with Crippen LogP contribution >= 0.6 is 0 Å². The maximum atomic E-state index is 14.5. The van der Waals surface area contributed by atoms with Crippen LogP contribution < -0.4 is 9.64 Å². The highest BCUT2D eigenvalue weighted by Gasteiger charge is 2.44. The van der Waals surface area contributed by atoms with Gasteiger partial charge in [0, 0.05) is 18.7 Å². The van der Waals surface area contributed by atoms with Crippen molar-refractivity contribution >= 4 is 23.1 Å². The van der Waals surface area contributed by atoms with Crippen LogP contribution in [0, 0.1) is 11.7 Å². The summed E-state index contributed by atoms with van der Waals surface area (Å²) in [6, 6.07) is 13.0. The second-order valence-corrected chi connectivity index (χ2v) is 7.51. The van der Waals surface area contributed by atoms with Gasteiger partial charge in [-0.1, -0.05) is 37.3 Å². The monoisotopic (exact) mass is 394 g/mol. The molecule has 150 valence electrons. The number of imide groups is 1. The first-order chi connectivity index (χ1) is 14.0. The van der Waals surface area contributed by atoms with Crippen molar-refractivity contribution in [2.24, 2.45) is 5.92 Å². The number of methoxy groups -OCH3 is 1. The maximum Gasteiger partial charge on any atom is 0.282 e. The first kappa shape index (κ1) is 19.2. The minimum atomic E-state index is -0.609. The molecule has 0 aliphatic carbocycles. The van der Waals surface area contributed by atoms with E-state index in [1.54, 1.807) is 30.3 Å². The average Bonchev–Trinajstić information content (AvgIpc) is 2.98. The Bertz CT molecular complexity index is 1000. The van der Waals surface area contributed by atoms with Gasteiger partial charge in [-0.15, -0.1) is 0 Å². The number of piperidine rings is 1. The molecule has 5 nitrogen and oxygen atoms in total. The molecule has 0 radical (unpaired) electrons. The van der Waals surface area contributed by atoms with Crippen molar-refractivity contribution in [3.05, 3.63) is 65.6 Å². The van der Waals surface area contributed by atoms with Crippen LogP contribution in [0.5, 0.6) is 5.75 Å². The summed E-state index contributed by atoms with van der Waals surface area (Å²) < 4.78 is 19.9. The number of para-hydroxylation sites is 2. The van der Waals surface area contributed by atoms with E-state index in [2.05, 4.69) is 6.92 Å². The highest BCUT2D eigenvalue weighted by Crippen LogP contribution is 2.39. The average molecular weight is 394 g/mol. The number of likely N-dealkylation sites (tertiary alicyclic amines) is 1. The number of amides is 2. The molecule has 4 rings (SSSR count). The smallest absolute Gasteiger partial charge is 0.282 e. The molecule has 2 aliphatic rings. The molecule has 0 bridgehead atoms. The topological polar surface area (TPSA) is 49.9 Å². The van der Waals surface area contributed by atoms with Crippen LogP contribution in [0.4, 0.5) is 10.1 Å². The molecule has 1 saturated heterocycles. The molecule has 2 aliphatic heterocycles. The lowest BCUT2D eigenvalue weighted by Gasteiger charge is -2.33. The molecule has 1 fully saturated rings. The molecule has 2 amide bonds. The Hall–Kier alpha value is -3.15. The van der Waals surface area contributed by atoms with Gasteiger partial charge in [0.15, 0.2) is 0 Å². The molecule has 2 aromatic rings. The normalized spacial score (nSPS) is 19.9. The fraction of sp³-hybridized carbons (Fsp3) is 0.304. The van der Waals surface area contributed by atoms with Gasteiger partial charge >= 0.3 is 0 Å². The molecule has 1 atom stereocenters. The van der Waals surface area contributed by atoms with E-state index in [0.717, 1.165) is 17.7 Å². The third-order valence-corrected chi connectivity index (χ3v) is 5.50. The molecule has 2 aromatic carbocycles. The molecule has 2 heterocycles. The summed E-state index contributed by atoms with van der Waals surface area (Å²) in [6.07, 6.45) is 2.01. The van der Waals surface area contributed by atoms with Crippen LogP contribution in [0.3, 0.4) is 0 Å². The molecule has 6 heteroatoms. The van der Waals surface area contributed by atoms with E-state index in [1.807, 2.05) is 4.90 Å². The molecule has 0 N–H and O–H groups in total. The van der Waals surface area contributed by atoms with E-state index in [4.69, 9.17) is 4.74 Å². The van der Waals surface area contributed by atoms with Crippen LogP contribution in [0.2, 0.25) is 0 Å². The van der Waals surface area contributed by atoms with Crippen LogP contribution in [0.25, 0.3) is 5.57 Å². The summed E-state index contributed by atoms with van der Waals surface area (Å²) in [7, 11) is 1.53. The number of halogens is 1. The lowest BCUT2D eigenvalue weighted by molar-refractivity contribution is -0.120. The number of benzene rings is 2. The van der Waals surface area contributed by atoms with Crippen LogP contribution in [-0.4, -0.2) is 36.9 Å². The first-order valence-electron chi connectivity index (χ1n) is 9.79. The fourth-order valence-electron chi connectivity index (χ4n) is 4.15. The van der Waals surface area contributed by atoms with Gasteiger partial charge in [-0.05, 0) is 37.0 Å². The van der Waals surface area contributed by atoms with Crippen LogP contribution in [-0.2, 0) is 9.59 Å². The minimum Gasteiger partial charge on any atom is -0.496 e.